The highest BCUT2D eigenvalue weighted by molar-refractivity contribution is 5.26. The van der Waals surface area contributed by atoms with Gasteiger partial charge in [0.05, 0.1) is 6.61 Å². The Bertz CT molecular complexity index is 341. The highest BCUT2D eigenvalue weighted by Crippen LogP contribution is 2.71. The lowest BCUT2D eigenvalue weighted by Crippen LogP contribution is -2.30. The number of fused-ring (bicyclic) bond motifs is 1. The molecule has 0 aliphatic heterocycles. The Hall–Kier alpha value is -0.300. The maximum absolute atomic E-state index is 9.50. The highest BCUT2D eigenvalue weighted by atomic mass is 16.3. The van der Waals surface area contributed by atoms with E-state index in [1.807, 2.05) is 0 Å². The molecule has 3 rings (SSSR count). The van der Waals surface area contributed by atoms with Crippen molar-refractivity contribution in [3.05, 3.63) is 11.6 Å². The molecule has 4 atom stereocenters. The molecule has 0 radical (unpaired) electrons. The molecule has 1 N–H and O–H groups in total. The number of aliphatic hydroxyl groups excluding tert-OH is 1. The lowest BCUT2D eigenvalue weighted by molar-refractivity contribution is 0.128. The second kappa shape index (κ2) is 3.13. The van der Waals surface area contributed by atoms with E-state index in [2.05, 4.69) is 26.8 Å². The predicted octanol–water partition coefficient (Wildman–Crippen LogP) is 3.39. The molecule has 2 bridgehead atoms. The molecule has 3 aliphatic carbocycles. The summed E-state index contributed by atoms with van der Waals surface area (Å²) in [4.78, 5) is 0. The summed E-state index contributed by atoms with van der Waals surface area (Å²) in [6.45, 7) is 7.62. The van der Waals surface area contributed by atoms with Crippen LogP contribution < -0.4 is 0 Å². The molecule has 3 aliphatic rings. The van der Waals surface area contributed by atoms with Crippen LogP contribution in [0, 0.1) is 28.6 Å². The van der Waals surface area contributed by atoms with E-state index in [1.165, 1.54) is 31.3 Å². The van der Waals surface area contributed by atoms with Gasteiger partial charge in [-0.1, -0.05) is 26.8 Å². The third-order valence-electron chi connectivity index (χ3n) is 6.32. The first-order chi connectivity index (χ1) is 7.52. The standard InChI is InChI=1S/C15H24O/c1-10-4-5-13-14(2,3)12-8-15(10,13)7-6-11(12)9-16/h6,10,12-13,16H,4-5,7-9H2,1-3H3/t10-,12-,13+,15-/m1/s1. The van der Waals surface area contributed by atoms with Crippen molar-refractivity contribution in [3.63, 3.8) is 0 Å². The van der Waals surface area contributed by atoms with Crippen molar-refractivity contribution in [2.75, 3.05) is 6.61 Å². The largest absolute Gasteiger partial charge is 0.392 e. The number of hydrogen-bond acceptors (Lipinski definition) is 1. The summed E-state index contributed by atoms with van der Waals surface area (Å²) in [5.41, 5.74) is 2.33. The van der Waals surface area contributed by atoms with E-state index < -0.39 is 0 Å². The highest BCUT2D eigenvalue weighted by Gasteiger charge is 2.63. The number of aliphatic hydroxyl groups is 1. The van der Waals surface area contributed by atoms with Crippen molar-refractivity contribution in [3.8, 4) is 0 Å². The first kappa shape index (κ1) is 10.8. The van der Waals surface area contributed by atoms with Crippen LogP contribution in [0.1, 0.15) is 46.5 Å². The average molecular weight is 220 g/mol. The molecule has 0 saturated heterocycles. The topological polar surface area (TPSA) is 20.2 Å². The average Bonchev–Trinajstić information content (AvgIpc) is 2.65. The molecule has 0 heterocycles. The van der Waals surface area contributed by atoms with Crippen LogP contribution in [-0.4, -0.2) is 11.7 Å². The van der Waals surface area contributed by atoms with Gasteiger partial charge in [0, 0.05) is 0 Å². The van der Waals surface area contributed by atoms with Crippen molar-refractivity contribution in [2.45, 2.75) is 46.5 Å². The van der Waals surface area contributed by atoms with Crippen molar-refractivity contribution >= 4 is 0 Å². The molecule has 16 heavy (non-hydrogen) atoms. The van der Waals surface area contributed by atoms with Gasteiger partial charge in [0.2, 0.25) is 0 Å². The van der Waals surface area contributed by atoms with Crippen LogP contribution in [0.25, 0.3) is 0 Å². The monoisotopic (exact) mass is 220 g/mol. The number of allylic oxidation sites excluding steroid dienone is 1. The molecule has 1 heteroatoms. The lowest BCUT2D eigenvalue weighted by atomic mass is 9.68. The van der Waals surface area contributed by atoms with Gasteiger partial charge in [-0.05, 0) is 59.8 Å². The van der Waals surface area contributed by atoms with Crippen LogP contribution >= 0.6 is 0 Å². The molecular weight excluding hydrogens is 196 g/mol. The molecule has 0 unspecified atom stereocenters. The van der Waals surface area contributed by atoms with Crippen LogP contribution in [0.5, 0.6) is 0 Å². The second-order valence-electron chi connectivity index (χ2n) is 6.98. The normalized spacial score (nSPS) is 49.0. The Labute approximate surface area is 98.9 Å². The Balaban J connectivity index is 2.07. The van der Waals surface area contributed by atoms with Crippen LogP contribution in [0.15, 0.2) is 11.6 Å². The second-order valence-corrected chi connectivity index (χ2v) is 6.98. The molecule has 1 spiro atoms. The van der Waals surface area contributed by atoms with Gasteiger partial charge >= 0.3 is 0 Å². The molecule has 2 fully saturated rings. The van der Waals surface area contributed by atoms with Crippen molar-refractivity contribution in [2.24, 2.45) is 28.6 Å². The van der Waals surface area contributed by atoms with Gasteiger partial charge in [0.1, 0.15) is 0 Å². The molecule has 0 aromatic carbocycles. The van der Waals surface area contributed by atoms with E-state index >= 15 is 0 Å². The first-order valence-corrected chi connectivity index (χ1v) is 6.82. The van der Waals surface area contributed by atoms with Crippen LogP contribution in [0.4, 0.5) is 0 Å². The van der Waals surface area contributed by atoms with E-state index in [-0.39, 0.29) is 6.61 Å². The maximum atomic E-state index is 9.50. The zero-order chi connectivity index (χ0) is 11.6. The molecule has 0 aromatic rings. The van der Waals surface area contributed by atoms with E-state index in [4.69, 9.17) is 0 Å². The third-order valence-corrected chi connectivity index (χ3v) is 6.32. The summed E-state index contributed by atoms with van der Waals surface area (Å²) in [5.74, 6) is 2.43. The van der Waals surface area contributed by atoms with Crippen molar-refractivity contribution in [1.82, 2.24) is 0 Å². The molecule has 0 amide bonds. The third kappa shape index (κ3) is 1.06. The fourth-order valence-electron chi connectivity index (χ4n) is 5.35. The Morgan fingerprint density at radius 3 is 2.81 bits per heavy atom. The van der Waals surface area contributed by atoms with Gasteiger partial charge in [-0.2, -0.15) is 0 Å². The summed E-state index contributed by atoms with van der Waals surface area (Å²) >= 11 is 0. The van der Waals surface area contributed by atoms with Gasteiger partial charge in [0.25, 0.3) is 0 Å². The van der Waals surface area contributed by atoms with Gasteiger partial charge in [0.15, 0.2) is 0 Å². The maximum Gasteiger partial charge on any atom is 0.0644 e. The minimum atomic E-state index is 0.283. The van der Waals surface area contributed by atoms with Gasteiger partial charge < -0.3 is 5.11 Å². The summed E-state index contributed by atoms with van der Waals surface area (Å²) < 4.78 is 0. The first-order valence-electron chi connectivity index (χ1n) is 6.82. The summed E-state index contributed by atoms with van der Waals surface area (Å²) in [6, 6.07) is 0. The molecule has 90 valence electrons. The SMILES string of the molecule is C[C@@H]1CC[C@H]2C(C)(C)[C@@H]3C[C@]12CC=C3CO. The molecule has 2 saturated carbocycles. The lowest BCUT2D eigenvalue weighted by Gasteiger charge is -2.36. The van der Waals surface area contributed by atoms with Crippen molar-refractivity contribution < 1.29 is 5.11 Å². The van der Waals surface area contributed by atoms with E-state index in [0.717, 1.165) is 11.8 Å². The van der Waals surface area contributed by atoms with Crippen LogP contribution in [0.2, 0.25) is 0 Å². The molecule has 1 nitrogen and oxygen atoms in total. The minimum absolute atomic E-state index is 0.283. The number of rotatable bonds is 1. The number of hydrogen-bond donors (Lipinski definition) is 1. The summed E-state index contributed by atoms with van der Waals surface area (Å²) in [6.07, 6.45) is 7.78. The van der Waals surface area contributed by atoms with Crippen molar-refractivity contribution in [1.29, 1.82) is 0 Å². The minimum Gasteiger partial charge on any atom is -0.392 e. The van der Waals surface area contributed by atoms with E-state index in [9.17, 15) is 5.11 Å². The zero-order valence-electron chi connectivity index (χ0n) is 10.8. The smallest absolute Gasteiger partial charge is 0.0644 e. The quantitative estimate of drug-likeness (QED) is 0.672. The van der Waals surface area contributed by atoms with Gasteiger partial charge in [-0.3, -0.25) is 0 Å². The fraction of sp³-hybridized carbons (Fsp3) is 0.867. The Morgan fingerprint density at radius 2 is 2.12 bits per heavy atom. The fourth-order valence-corrected chi connectivity index (χ4v) is 5.35. The van der Waals surface area contributed by atoms with E-state index in [1.54, 1.807) is 0 Å². The predicted molar refractivity (Wildman–Crippen MR) is 66.0 cm³/mol. The van der Waals surface area contributed by atoms with Crippen LogP contribution in [-0.2, 0) is 0 Å². The van der Waals surface area contributed by atoms with E-state index in [0.29, 0.717) is 16.7 Å². The van der Waals surface area contributed by atoms with Gasteiger partial charge in [-0.25, -0.2) is 0 Å². The summed E-state index contributed by atoms with van der Waals surface area (Å²) in [5, 5.41) is 9.50. The molecular formula is C15H24O. The summed E-state index contributed by atoms with van der Waals surface area (Å²) in [7, 11) is 0. The Kier molecular flexibility index (Phi) is 2.12. The van der Waals surface area contributed by atoms with Gasteiger partial charge in [-0.15, -0.1) is 0 Å². The zero-order valence-corrected chi connectivity index (χ0v) is 10.8. The Morgan fingerprint density at radius 1 is 1.38 bits per heavy atom. The molecule has 0 aromatic heterocycles. The van der Waals surface area contributed by atoms with Crippen LogP contribution in [0.3, 0.4) is 0 Å².